The maximum absolute atomic E-state index is 10.6. The minimum absolute atomic E-state index is 0.238. The minimum Gasteiger partial charge on any atom is -0.479 e. The van der Waals surface area contributed by atoms with Crippen LogP contribution in [0.15, 0.2) is 35.2 Å². The highest BCUT2D eigenvalue weighted by Crippen LogP contribution is 2.21. The lowest BCUT2D eigenvalue weighted by Crippen LogP contribution is -2.35. The molecule has 1 unspecified atom stereocenters. The largest absolute Gasteiger partial charge is 0.479 e. The third kappa shape index (κ3) is 3.93. The third-order valence-electron chi connectivity index (χ3n) is 2.06. The molecule has 15 heavy (non-hydrogen) atoms. The van der Waals surface area contributed by atoms with Crippen molar-refractivity contribution in [2.24, 2.45) is 0 Å². The van der Waals surface area contributed by atoms with Crippen LogP contribution < -0.4 is 0 Å². The average Bonchev–Trinajstić information content (AvgIpc) is 2.19. The summed E-state index contributed by atoms with van der Waals surface area (Å²) in [6.07, 6.45) is 0.238. The lowest BCUT2D eigenvalue weighted by molar-refractivity contribution is -0.156. The minimum atomic E-state index is -1.62. The van der Waals surface area contributed by atoms with Crippen LogP contribution in [0.1, 0.15) is 13.3 Å². The van der Waals surface area contributed by atoms with Gasteiger partial charge in [-0.3, -0.25) is 0 Å². The first-order valence-corrected chi connectivity index (χ1v) is 5.64. The number of carboxylic acids is 1. The fraction of sp³-hybridized carbons (Fsp3) is 0.364. The van der Waals surface area contributed by atoms with Crippen LogP contribution in [0.4, 0.5) is 0 Å². The summed E-state index contributed by atoms with van der Waals surface area (Å²) >= 11 is 1.54. The molecule has 0 aliphatic rings. The highest BCUT2D eigenvalue weighted by Gasteiger charge is 2.28. The number of hydrogen-bond acceptors (Lipinski definition) is 3. The number of hydrogen-bond donors (Lipinski definition) is 2. The Morgan fingerprint density at radius 2 is 2.00 bits per heavy atom. The fourth-order valence-corrected chi connectivity index (χ4v) is 2.08. The average molecular weight is 226 g/mol. The van der Waals surface area contributed by atoms with Crippen molar-refractivity contribution in [3.05, 3.63) is 30.3 Å². The van der Waals surface area contributed by atoms with Crippen molar-refractivity contribution in [2.75, 3.05) is 5.75 Å². The Morgan fingerprint density at radius 3 is 2.53 bits per heavy atom. The number of aliphatic carboxylic acids is 1. The number of rotatable bonds is 5. The smallest absolute Gasteiger partial charge is 0.335 e. The number of benzene rings is 1. The Bertz CT molecular complexity index is 322. The van der Waals surface area contributed by atoms with Gasteiger partial charge in [-0.05, 0) is 25.5 Å². The van der Waals surface area contributed by atoms with E-state index in [4.69, 9.17) is 5.11 Å². The van der Waals surface area contributed by atoms with Crippen LogP contribution in [0.2, 0.25) is 0 Å². The van der Waals surface area contributed by atoms with E-state index in [1.807, 2.05) is 30.3 Å². The molecule has 0 bridgehead atoms. The summed E-state index contributed by atoms with van der Waals surface area (Å²) < 4.78 is 0. The maximum atomic E-state index is 10.6. The molecular weight excluding hydrogens is 212 g/mol. The molecule has 0 radical (unpaired) electrons. The fourth-order valence-electron chi connectivity index (χ4n) is 0.991. The van der Waals surface area contributed by atoms with Crippen LogP contribution in [0.25, 0.3) is 0 Å². The van der Waals surface area contributed by atoms with Gasteiger partial charge in [0.25, 0.3) is 0 Å². The molecule has 1 aromatic carbocycles. The lowest BCUT2D eigenvalue weighted by Gasteiger charge is -2.16. The summed E-state index contributed by atoms with van der Waals surface area (Å²) in [7, 11) is 0. The van der Waals surface area contributed by atoms with Crippen molar-refractivity contribution in [1.29, 1.82) is 0 Å². The predicted molar refractivity (Wildman–Crippen MR) is 60.0 cm³/mol. The first-order valence-electron chi connectivity index (χ1n) is 4.66. The molecular formula is C11H14O3S. The van der Waals surface area contributed by atoms with Gasteiger partial charge < -0.3 is 10.2 Å². The zero-order valence-electron chi connectivity index (χ0n) is 8.51. The van der Waals surface area contributed by atoms with E-state index < -0.39 is 11.6 Å². The van der Waals surface area contributed by atoms with Gasteiger partial charge in [0.05, 0.1) is 0 Å². The highest BCUT2D eigenvalue weighted by atomic mass is 32.2. The van der Waals surface area contributed by atoms with Crippen LogP contribution in [0.3, 0.4) is 0 Å². The molecule has 0 aromatic heterocycles. The van der Waals surface area contributed by atoms with Crippen molar-refractivity contribution in [2.45, 2.75) is 23.8 Å². The normalized spacial score (nSPS) is 14.5. The maximum Gasteiger partial charge on any atom is 0.335 e. The van der Waals surface area contributed by atoms with Crippen LogP contribution in [0.5, 0.6) is 0 Å². The highest BCUT2D eigenvalue weighted by molar-refractivity contribution is 7.99. The molecule has 0 aliphatic heterocycles. The van der Waals surface area contributed by atoms with Gasteiger partial charge in [-0.2, -0.15) is 0 Å². The monoisotopic (exact) mass is 226 g/mol. The van der Waals surface area contributed by atoms with E-state index >= 15 is 0 Å². The molecule has 0 heterocycles. The lowest BCUT2D eigenvalue weighted by atomic mass is 10.1. The summed E-state index contributed by atoms with van der Waals surface area (Å²) in [5.74, 6) is -0.584. The SMILES string of the molecule is CC(O)(CCSc1ccccc1)C(=O)O. The van der Waals surface area contributed by atoms with Crippen molar-refractivity contribution < 1.29 is 15.0 Å². The Hall–Kier alpha value is -1.00. The molecule has 0 fully saturated rings. The summed E-state index contributed by atoms with van der Waals surface area (Å²) in [6.45, 7) is 1.32. The van der Waals surface area contributed by atoms with Crippen molar-refractivity contribution in [3.8, 4) is 0 Å². The third-order valence-corrected chi connectivity index (χ3v) is 3.08. The van der Waals surface area contributed by atoms with Gasteiger partial charge in [-0.1, -0.05) is 18.2 Å². The molecule has 0 amide bonds. The molecule has 1 aromatic rings. The molecule has 82 valence electrons. The van der Waals surface area contributed by atoms with E-state index in [2.05, 4.69) is 0 Å². The molecule has 1 atom stereocenters. The van der Waals surface area contributed by atoms with Crippen LogP contribution in [-0.4, -0.2) is 27.5 Å². The summed E-state index contributed by atoms with van der Waals surface area (Å²) in [4.78, 5) is 11.7. The number of thioether (sulfide) groups is 1. The van der Waals surface area contributed by atoms with Gasteiger partial charge in [0.15, 0.2) is 5.60 Å². The van der Waals surface area contributed by atoms with Crippen molar-refractivity contribution >= 4 is 17.7 Å². The predicted octanol–water partition coefficient (Wildman–Crippen LogP) is 2.00. The Morgan fingerprint density at radius 1 is 1.40 bits per heavy atom. The first kappa shape index (κ1) is 12.1. The molecule has 1 rings (SSSR count). The Labute approximate surface area is 93.1 Å². The molecule has 0 saturated carbocycles. The van der Waals surface area contributed by atoms with Crippen molar-refractivity contribution in [3.63, 3.8) is 0 Å². The Kier molecular flexibility index (Phi) is 4.17. The Balaban J connectivity index is 2.37. The van der Waals surface area contributed by atoms with Crippen LogP contribution in [-0.2, 0) is 4.79 Å². The van der Waals surface area contributed by atoms with E-state index in [-0.39, 0.29) is 6.42 Å². The molecule has 0 spiro atoms. The van der Waals surface area contributed by atoms with Crippen molar-refractivity contribution in [1.82, 2.24) is 0 Å². The molecule has 3 nitrogen and oxygen atoms in total. The standard InChI is InChI=1S/C11H14O3S/c1-11(14,10(12)13)7-8-15-9-5-3-2-4-6-9/h2-6,14H,7-8H2,1H3,(H,12,13). The van der Waals surface area contributed by atoms with E-state index in [0.717, 1.165) is 4.90 Å². The summed E-state index contributed by atoms with van der Waals surface area (Å²) in [5.41, 5.74) is -1.62. The molecule has 0 saturated heterocycles. The van der Waals surface area contributed by atoms with Gasteiger partial charge in [0.1, 0.15) is 0 Å². The molecule has 4 heteroatoms. The number of aliphatic hydroxyl groups is 1. The van der Waals surface area contributed by atoms with Gasteiger partial charge >= 0.3 is 5.97 Å². The summed E-state index contributed by atoms with van der Waals surface area (Å²) in [6, 6.07) is 9.70. The van der Waals surface area contributed by atoms with Gasteiger partial charge in [-0.15, -0.1) is 11.8 Å². The van der Waals surface area contributed by atoms with Gasteiger partial charge in [-0.25, -0.2) is 4.79 Å². The summed E-state index contributed by atoms with van der Waals surface area (Å²) in [5, 5.41) is 18.1. The first-order chi connectivity index (χ1) is 7.02. The second-order valence-corrected chi connectivity index (χ2v) is 4.66. The topological polar surface area (TPSA) is 57.5 Å². The van der Waals surface area contributed by atoms with E-state index in [9.17, 15) is 9.90 Å². The molecule has 2 N–H and O–H groups in total. The number of carbonyl (C=O) groups is 1. The number of carboxylic acid groups (broad SMARTS) is 1. The second-order valence-electron chi connectivity index (χ2n) is 3.49. The second kappa shape index (κ2) is 5.19. The quantitative estimate of drug-likeness (QED) is 0.754. The van der Waals surface area contributed by atoms with Gasteiger partial charge in [0.2, 0.25) is 0 Å². The van der Waals surface area contributed by atoms with Crippen LogP contribution in [0, 0.1) is 0 Å². The van der Waals surface area contributed by atoms with E-state index in [1.54, 1.807) is 11.8 Å². The van der Waals surface area contributed by atoms with Crippen LogP contribution >= 0.6 is 11.8 Å². The van der Waals surface area contributed by atoms with E-state index in [0.29, 0.717) is 5.75 Å². The molecule has 0 aliphatic carbocycles. The zero-order chi connectivity index (χ0) is 11.3. The zero-order valence-corrected chi connectivity index (χ0v) is 9.33. The van der Waals surface area contributed by atoms with E-state index in [1.165, 1.54) is 6.92 Å². The van der Waals surface area contributed by atoms with Gasteiger partial charge in [0, 0.05) is 10.6 Å².